The largest absolute Gasteiger partial charge is 0.497 e. The number of furan rings is 1. The zero-order chi connectivity index (χ0) is 18.8. The number of nitrogens with two attached hydrogens (primary N) is 1. The summed E-state index contributed by atoms with van der Waals surface area (Å²) in [6.07, 6.45) is 1.57. The first kappa shape index (κ1) is 17.1. The smallest absolute Gasteiger partial charge is 0.263 e. The fourth-order valence-corrected chi connectivity index (χ4v) is 3.78. The first-order chi connectivity index (χ1) is 13.2. The van der Waals surface area contributed by atoms with Crippen LogP contribution in [0.2, 0.25) is 0 Å². The molecule has 0 saturated carbocycles. The summed E-state index contributed by atoms with van der Waals surface area (Å²) >= 11 is 1.28. The third kappa shape index (κ3) is 3.37. The Morgan fingerprint density at radius 1 is 1.26 bits per heavy atom. The Morgan fingerprint density at radius 3 is 2.93 bits per heavy atom. The lowest BCUT2D eigenvalue weighted by molar-refractivity contribution is 0.0953. The maximum atomic E-state index is 12.5. The van der Waals surface area contributed by atoms with E-state index in [1.807, 2.05) is 36.4 Å². The second-order valence-electron chi connectivity index (χ2n) is 5.89. The van der Waals surface area contributed by atoms with E-state index in [-0.39, 0.29) is 5.91 Å². The summed E-state index contributed by atoms with van der Waals surface area (Å²) < 4.78 is 10.5. The van der Waals surface area contributed by atoms with Crippen molar-refractivity contribution in [3.63, 3.8) is 0 Å². The van der Waals surface area contributed by atoms with Gasteiger partial charge in [-0.05, 0) is 36.4 Å². The average molecular weight is 379 g/mol. The van der Waals surface area contributed by atoms with Crippen molar-refractivity contribution in [2.75, 3.05) is 12.8 Å². The van der Waals surface area contributed by atoms with E-state index in [1.165, 1.54) is 11.3 Å². The molecule has 0 atom stereocenters. The molecule has 136 valence electrons. The van der Waals surface area contributed by atoms with Gasteiger partial charge in [-0.1, -0.05) is 12.1 Å². The van der Waals surface area contributed by atoms with Gasteiger partial charge in [0.15, 0.2) is 0 Å². The Labute approximate surface area is 159 Å². The number of nitrogens with one attached hydrogen (secondary N) is 1. The van der Waals surface area contributed by atoms with Crippen molar-refractivity contribution < 1.29 is 13.9 Å². The number of pyridine rings is 1. The van der Waals surface area contributed by atoms with Crippen molar-refractivity contribution in [3.8, 4) is 17.0 Å². The molecule has 0 fully saturated rings. The van der Waals surface area contributed by atoms with Gasteiger partial charge in [0.25, 0.3) is 5.91 Å². The van der Waals surface area contributed by atoms with Gasteiger partial charge >= 0.3 is 0 Å². The molecule has 1 aromatic carbocycles. The van der Waals surface area contributed by atoms with Crippen molar-refractivity contribution in [3.05, 3.63) is 65.4 Å². The quantitative estimate of drug-likeness (QED) is 0.545. The number of fused-ring (bicyclic) bond motifs is 1. The number of thiophene rings is 1. The average Bonchev–Trinajstić information content (AvgIpc) is 3.34. The van der Waals surface area contributed by atoms with Crippen LogP contribution in [0.4, 0.5) is 5.69 Å². The van der Waals surface area contributed by atoms with E-state index >= 15 is 0 Å². The molecule has 27 heavy (non-hydrogen) atoms. The fourth-order valence-electron chi connectivity index (χ4n) is 2.77. The maximum Gasteiger partial charge on any atom is 0.263 e. The van der Waals surface area contributed by atoms with Crippen LogP contribution < -0.4 is 15.8 Å². The molecule has 0 aliphatic carbocycles. The number of nitrogens with zero attached hydrogens (tertiary/aromatic N) is 1. The Kier molecular flexibility index (Phi) is 4.52. The number of carbonyl (C=O) groups is 1. The number of benzene rings is 1. The molecule has 0 aliphatic rings. The van der Waals surface area contributed by atoms with Crippen LogP contribution in [0.3, 0.4) is 0 Å². The van der Waals surface area contributed by atoms with Crippen LogP contribution in [0, 0.1) is 0 Å². The van der Waals surface area contributed by atoms with E-state index in [2.05, 4.69) is 10.3 Å². The molecule has 1 amide bonds. The zero-order valence-corrected chi connectivity index (χ0v) is 15.4. The van der Waals surface area contributed by atoms with Crippen LogP contribution in [-0.4, -0.2) is 18.0 Å². The van der Waals surface area contributed by atoms with E-state index in [1.54, 1.807) is 25.5 Å². The van der Waals surface area contributed by atoms with E-state index in [9.17, 15) is 4.79 Å². The summed E-state index contributed by atoms with van der Waals surface area (Å²) in [7, 11) is 1.63. The second kappa shape index (κ2) is 7.13. The van der Waals surface area contributed by atoms with Crippen LogP contribution in [0.5, 0.6) is 5.75 Å². The summed E-state index contributed by atoms with van der Waals surface area (Å²) in [6, 6.07) is 15.0. The number of methoxy groups -OCH3 is 1. The Balaban J connectivity index is 1.63. The predicted molar refractivity (Wildman–Crippen MR) is 106 cm³/mol. The highest BCUT2D eigenvalue weighted by Crippen LogP contribution is 2.34. The molecule has 4 rings (SSSR count). The minimum Gasteiger partial charge on any atom is -0.497 e. The van der Waals surface area contributed by atoms with Gasteiger partial charge in [-0.3, -0.25) is 4.79 Å². The Bertz CT molecular complexity index is 1100. The lowest BCUT2D eigenvalue weighted by Crippen LogP contribution is -2.22. The van der Waals surface area contributed by atoms with Crippen LogP contribution in [0.25, 0.3) is 21.5 Å². The van der Waals surface area contributed by atoms with Crippen molar-refractivity contribution in [2.45, 2.75) is 6.54 Å². The molecular weight excluding hydrogens is 362 g/mol. The molecule has 0 spiro atoms. The molecular formula is C20H17N3O3S. The topological polar surface area (TPSA) is 90.4 Å². The van der Waals surface area contributed by atoms with Gasteiger partial charge in [-0.15, -0.1) is 11.3 Å². The number of carbonyl (C=O) groups excluding carboxylic acids is 1. The highest BCUT2D eigenvalue weighted by atomic mass is 32.1. The summed E-state index contributed by atoms with van der Waals surface area (Å²) in [6.45, 7) is 0.308. The number of rotatable bonds is 5. The Morgan fingerprint density at radius 2 is 2.15 bits per heavy atom. The van der Waals surface area contributed by atoms with Gasteiger partial charge in [-0.25, -0.2) is 4.98 Å². The van der Waals surface area contributed by atoms with Crippen LogP contribution in [0.15, 0.2) is 59.2 Å². The monoisotopic (exact) mass is 379 g/mol. The second-order valence-corrected chi connectivity index (χ2v) is 6.89. The van der Waals surface area contributed by atoms with Crippen molar-refractivity contribution >= 4 is 33.1 Å². The lowest BCUT2D eigenvalue weighted by atomic mass is 10.1. The normalized spacial score (nSPS) is 10.9. The molecule has 6 nitrogen and oxygen atoms in total. The van der Waals surface area contributed by atoms with Crippen LogP contribution >= 0.6 is 11.3 Å². The van der Waals surface area contributed by atoms with Gasteiger partial charge in [-0.2, -0.15) is 0 Å². The maximum absolute atomic E-state index is 12.5. The molecule has 3 heterocycles. The van der Waals surface area contributed by atoms with Crippen molar-refractivity contribution in [2.24, 2.45) is 0 Å². The first-order valence-corrected chi connectivity index (χ1v) is 9.11. The van der Waals surface area contributed by atoms with Gasteiger partial charge < -0.3 is 20.2 Å². The summed E-state index contributed by atoms with van der Waals surface area (Å²) in [5.41, 5.74) is 8.36. The van der Waals surface area contributed by atoms with Gasteiger partial charge in [0.05, 0.1) is 31.3 Å². The predicted octanol–water partition coefficient (Wildman–Crippen LogP) is 4.08. The van der Waals surface area contributed by atoms with Crippen molar-refractivity contribution in [1.82, 2.24) is 10.3 Å². The van der Waals surface area contributed by atoms with Crippen LogP contribution in [0.1, 0.15) is 15.4 Å². The number of hydrogen-bond donors (Lipinski definition) is 2. The minimum atomic E-state index is -0.241. The number of nitrogen functional groups attached to an aromatic ring is 1. The number of amides is 1. The number of anilines is 1. The molecule has 0 radical (unpaired) electrons. The third-order valence-electron chi connectivity index (χ3n) is 4.17. The van der Waals surface area contributed by atoms with Gasteiger partial charge in [0, 0.05) is 10.9 Å². The summed E-state index contributed by atoms with van der Waals surface area (Å²) in [5, 5.41) is 3.59. The van der Waals surface area contributed by atoms with E-state index in [0.29, 0.717) is 22.9 Å². The molecule has 0 unspecified atom stereocenters. The molecule has 0 saturated heterocycles. The third-order valence-corrected chi connectivity index (χ3v) is 5.28. The van der Waals surface area contributed by atoms with Gasteiger partial charge in [0.1, 0.15) is 21.2 Å². The highest BCUT2D eigenvalue weighted by molar-refractivity contribution is 7.21. The number of ether oxygens (including phenoxy) is 1. The molecule has 3 aromatic heterocycles. The van der Waals surface area contributed by atoms with E-state index in [0.717, 1.165) is 27.2 Å². The standard InChI is InChI=1S/C20H17N3O3S/c1-25-13-5-2-4-12(10-13)16-8-7-15-17(21)18(27-20(15)23-16)19(24)22-11-14-6-3-9-26-14/h2-10H,11,21H2,1H3,(H,22,24). The summed E-state index contributed by atoms with van der Waals surface area (Å²) in [5.74, 6) is 1.20. The highest BCUT2D eigenvalue weighted by Gasteiger charge is 2.18. The van der Waals surface area contributed by atoms with Crippen molar-refractivity contribution in [1.29, 1.82) is 0 Å². The molecule has 0 bridgehead atoms. The fraction of sp³-hybridized carbons (Fsp3) is 0.100. The zero-order valence-electron chi connectivity index (χ0n) is 14.6. The van der Waals surface area contributed by atoms with E-state index in [4.69, 9.17) is 14.9 Å². The molecule has 7 heteroatoms. The number of aromatic nitrogens is 1. The molecule has 0 aliphatic heterocycles. The molecule has 3 N–H and O–H groups in total. The SMILES string of the molecule is COc1cccc(-c2ccc3c(N)c(C(=O)NCc4ccco4)sc3n2)c1. The Hall–Kier alpha value is -3.32. The number of hydrogen-bond acceptors (Lipinski definition) is 6. The minimum absolute atomic E-state index is 0.241. The lowest BCUT2D eigenvalue weighted by Gasteiger charge is -2.04. The first-order valence-electron chi connectivity index (χ1n) is 8.29. The summed E-state index contributed by atoms with van der Waals surface area (Å²) in [4.78, 5) is 18.4. The van der Waals surface area contributed by atoms with Gasteiger partial charge in [0.2, 0.25) is 0 Å². The molecule has 4 aromatic rings. The van der Waals surface area contributed by atoms with E-state index < -0.39 is 0 Å². The van der Waals surface area contributed by atoms with Crippen LogP contribution in [-0.2, 0) is 6.54 Å².